The molecule has 1 atom stereocenters. The molecule has 0 saturated carbocycles. The number of benzene rings is 3. The van der Waals surface area contributed by atoms with Gasteiger partial charge in [0.25, 0.3) is 0 Å². The lowest BCUT2D eigenvalue weighted by atomic mass is 10.2. The van der Waals surface area contributed by atoms with Crippen LogP contribution in [0.3, 0.4) is 0 Å². The van der Waals surface area contributed by atoms with Gasteiger partial charge in [-0.3, -0.25) is 4.79 Å². The van der Waals surface area contributed by atoms with Crippen molar-refractivity contribution in [3.63, 3.8) is 0 Å². The zero-order chi connectivity index (χ0) is 24.7. The number of anilines is 3. The lowest BCUT2D eigenvalue weighted by molar-refractivity contribution is -0.115. The van der Waals surface area contributed by atoms with Gasteiger partial charge in [0.2, 0.25) is 5.91 Å². The third-order valence-corrected chi connectivity index (χ3v) is 7.05. The minimum Gasteiger partial charge on any atom is -0.495 e. The molecule has 0 spiro atoms. The highest BCUT2D eigenvalue weighted by atomic mass is 35.5. The number of rotatable bonds is 8. The van der Waals surface area contributed by atoms with Gasteiger partial charge in [-0.25, -0.2) is 0 Å². The monoisotopic (exact) mass is 513 g/mol. The Hall–Kier alpha value is -2.74. The summed E-state index contributed by atoms with van der Waals surface area (Å²) in [6.45, 7) is 5.92. The standard InChI is InChI=1S/C26H28ClN3O2S2/c1-5-24(25(31)30-22-13-17(3)21(27)15-23(22)32-4)34-20-8-6-7-19(14-20)29-26(33)28-18-11-9-16(2)10-12-18/h6-15,24H,5H2,1-4H3,(H,30,31)(H2,28,29,33). The van der Waals surface area contributed by atoms with Gasteiger partial charge in [-0.15, -0.1) is 11.8 Å². The largest absolute Gasteiger partial charge is 0.495 e. The average Bonchev–Trinajstić information content (AvgIpc) is 2.81. The van der Waals surface area contributed by atoms with Gasteiger partial charge < -0.3 is 20.7 Å². The van der Waals surface area contributed by atoms with Gasteiger partial charge >= 0.3 is 0 Å². The van der Waals surface area contributed by atoms with Gasteiger partial charge in [0.15, 0.2) is 5.11 Å². The molecule has 178 valence electrons. The molecule has 34 heavy (non-hydrogen) atoms. The number of amides is 1. The molecule has 0 aliphatic carbocycles. The van der Waals surface area contributed by atoms with Crippen molar-refractivity contribution in [3.05, 3.63) is 76.8 Å². The second-order valence-corrected chi connectivity index (χ2v) is 9.87. The summed E-state index contributed by atoms with van der Waals surface area (Å²) < 4.78 is 5.38. The first-order valence-corrected chi connectivity index (χ1v) is 12.5. The molecule has 0 aliphatic rings. The molecule has 0 bridgehead atoms. The summed E-state index contributed by atoms with van der Waals surface area (Å²) in [5, 5.41) is 10.2. The molecule has 0 heterocycles. The molecule has 0 aromatic heterocycles. The lowest BCUT2D eigenvalue weighted by Gasteiger charge is -2.18. The quantitative estimate of drug-likeness (QED) is 0.217. The summed E-state index contributed by atoms with van der Waals surface area (Å²) in [5.41, 5.74) is 4.43. The number of nitrogens with one attached hydrogen (secondary N) is 3. The van der Waals surface area contributed by atoms with Gasteiger partial charge in [0, 0.05) is 27.4 Å². The van der Waals surface area contributed by atoms with Crippen LogP contribution in [0.25, 0.3) is 0 Å². The summed E-state index contributed by atoms with van der Waals surface area (Å²) >= 11 is 13.1. The van der Waals surface area contributed by atoms with Gasteiger partial charge in [-0.1, -0.05) is 42.3 Å². The van der Waals surface area contributed by atoms with Crippen molar-refractivity contribution < 1.29 is 9.53 Å². The van der Waals surface area contributed by atoms with Crippen molar-refractivity contribution in [2.75, 3.05) is 23.1 Å². The molecular formula is C26H28ClN3O2S2. The molecule has 0 radical (unpaired) electrons. The second-order valence-electron chi connectivity index (χ2n) is 7.78. The van der Waals surface area contributed by atoms with Crippen molar-refractivity contribution in [3.8, 4) is 5.75 Å². The van der Waals surface area contributed by atoms with E-state index in [-0.39, 0.29) is 11.2 Å². The molecule has 0 saturated heterocycles. The Morgan fingerprint density at radius 1 is 1.03 bits per heavy atom. The van der Waals surface area contributed by atoms with E-state index in [0.29, 0.717) is 28.0 Å². The predicted octanol–water partition coefficient (Wildman–Crippen LogP) is 7.28. The molecule has 8 heteroatoms. The first kappa shape index (κ1) is 25.9. The van der Waals surface area contributed by atoms with Gasteiger partial charge in [0.1, 0.15) is 5.75 Å². The summed E-state index contributed by atoms with van der Waals surface area (Å²) in [6.07, 6.45) is 0.663. The zero-order valence-corrected chi connectivity index (χ0v) is 22.0. The molecular weight excluding hydrogens is 486 g/mol. The SMILES string of the molecule is CCC(Sc1cccc(NC(=S)Nc2ccc(C)cc2)c1)C(=O)Nc1cc(C)c(Cl)cc1OC. The molecule has 3 aromatic rings. The fourth-order valence-electron chi connectivity index (χ4n) is 3.21. The minimum atomic E-state index is -0.284. The predicted molar refractivity (Wildman–Crippen MR) is 149 cm³/mol. The Kier molecular flexibility index (Phi) is 9.21. The van der Waals surface area contributed by atoms with Crippen molar-refractivity contribution in [1.29, 1.82) is 0 Å². The zero-order valence-electron chi connectivity index (χ0n) is 19.6. The van der Waals surface area contributed by atoms with E-state index in [4.69, 9.17) is 28.6 Å². The maximum absolute atomic E-state index is 13.0. The number of thioether (sulfide) groups is 1. The molecule has 3 rings (SSSR count). The molecule has 0 fully saturated rings. The number of ether oxygens (including phenoxy) is 1. The van der Waals surface area contributed by atoms with Gasteiger partial charge in [0.05, 0.1) is 18.0 Å². The van der Waals surface area contributed by atoms with Crippen LogP contribution in [0, 0.1) is 13.8 Å². The molecule has 1 amide bonds. The van der Waals surface area contributed by atoms with Crippen molar-refractivity contribution in [1.82, 2.24) is 0 Å². The van der Waals surface area contributed by atoms with Crippen LogP contribution in [0.2, 0.25) is 5.02 Å². The summed E-state index contributed by atoms with van der Waals surface area (Å²) in [5.74, 6) is 0.437. The summed E-state index contributed by atoms with van der Waals surface area (Å²) in [7, 11) is 1.55. The first-order valence-electron chi connectivity index (χ1n) is 10.9. The van der Waals surface area contributed by atoms with E-state index in [0.717, 1.165) is 21.8 Å². The maximum atomic E-state index is 13.0. The summed E-state index contributed by atoms with van der Waals surface area (Å²) in [6, 6.07) is 19.4. The number of hydrogen-bond donors (Lipinski definition) is 3. The van der Waals surface area contributed by atoms with E-state index in [9.17, 15) is 4.79 Å². The highest BCUT2D eigenvalue weighted by Gasteiger charge is 2.20. The first-order chi connectivity index (χ1) is 16.3. The van der Waals surface area contributed by atoms with Gasteiger partial charge in [-0.2, -0.15) is 0 Å². The molecule has 3 aromatic carbocycles. The molecule has 5 nitrogen and oxygen atoms in total. The molecule has 1 unspecified atom stereocenters. The summed E-state index contributed by atoms with van der Waals surface area (Å²) in [4.78, 5) is 14.0. The van der Waals surface area contributed by atoms with E-state index in [1.165, 1.54) is 17.3 Å². The Labute approximate surface area is 215 Å². The number of thiocarbonyl (C=S) groups is 1. The number of aryl methyl sites for hydroxylation is 2. The third kappa shape index (κ3) is 7.13. The van der Waals surface area contributed by atoms with E-state index in [1.807, 2.05) is 75.4 Å². The van der Waals surface area contributed by atoms with Crippen molar-refractivity contribution in [2.45, 2.75) is 37.3 Å². The lowest BCUT2D eigenvalue weighted by Crippen LogP contribution is -2.25. The maximum Gasteiger partial charge on any atom is 0.237 e. The number of carbonyl (C=O) groups is 1. The van der Waals surface area contributed by atoms with Crippen LogP contribution in [-0.2, 0) is 4.79 Å². The van der Waals surface area contributed by atoms with Crippen molar-refractivity contribution >= 4 is 63.7 Å². The average molecular weight is 514 g/mol. The van der Waals surface area contributed by atoms with Crippen LogP contribution in [0.1, 0.15) is 24.5 Å². The number of carbonyl (C=O) groups excluding carboxylic acids is 1. The normalized spacial score (nSPS) is 11.4. The smallest absolute Gasteiger partial charge is 0.237 e. The number of halogens is 1. The van der Waals surface area contributed by atoms with Gasteiger partial charge in [-0.05, 0) is 74.4 Å². The van der Waals surface area contributed by atoms with Crippen LogP contribution < -0.4 is 20.7 Å². The van der Waals surface area contributed by atoms with Crippen LogP contribution >= 0.6 is 35.6 Å². The molecule has 3 N–H and O–H groups in total. The van der Waals surface area contributed by atoms with E-state index in [1.54, 1.807) is 13.2 Å². The second kappa shape index (κ2) is 12.1. The van der Waals surface area contributed by atoms with Crippen LogP contribution in [0.4, 0.5) is 17.1 Å². The Balaban J connectivity index is 1.65. The fourth-order valence-corrected chi connectivity index (χ4v) is 4.61. The van der Waals surface area contributed by atoms with E-state index >= 15 is 0 Å². The molecule has 0 aliphatic heterocycles. The third-order valence-electron chi connectivity index (χ3n) is 5.08. The highest BCUT2D eigenvalue weighted by Crippen LogP contribution is 2.33. The Morgan fingerprint density at radius 3 is 2.41 bits per heavy atom. The van der Waals surface area contributed by atoms with E-state index < -0.39 is 0 Å². The number of methoxy groups -OCH3 is 1. The highest BCUT2D eigenvalue weighted by molar-refractivity contribution is 8.00. The number of hydrogen-bond acceptors (Lipinski definition) is 4. The van der Waals surface area contributed by atoms with Crippen LogP contribution in [0.15, 0.2) is 65.6 Å². The van der Waals surface area contributed by atoms with Crippen molar-refractivity contribution in [2.24, 2.45) is 0 Å². The van der Waals surface area contributed by atoms with Crippen LogP contribution in [-0.4, -0.2) is 23.4 Å². The van der Waals surface area contributed by atoms with Crippen LogP contribution in [0.5, 0.6) is 5.75 Å². The minimum absolute atomic E-state index is 0.0950. The van der Waals surface area contributed by atoms with E-state index in [2.05, 4.69) is 16.0 Å². The fraction of sp³-hybridized carbons (Fsp3) is 0.231. The Bertz CT molecular complexity index is 1170. The topological polar surface area (TPSA) is 62.4 Å². The Morgan fingerprint density at radius 2 is 1.74 bits per heavy atom.